The highest BCUT2D eigenvalue weighted by Gasteiger charge is 2.19. The Bertz CT molecular complexity index is 1660. The van der Waals surface area contributed by atoms with Gasteiger partial charge >= 0.3 is 17.9 Å². The molecule has 0 aliphatic rings. The molecule has 0 aliphatic heterocycles. The smallest absolute Gasteiger partial charge is 0.306 e. The highest BCUT2D eigenvalue weighted by Crippen LogP contribution is 2.17. The molecule has 0 radical (unpaired) electrons. The average Bonchev–Trinajstić information content (AvgIpc) is 3.49. The molecule has 0 rings (SSSR count). The Balaban J connectivity index is 4.31. The van der Waals surface area contributed by atoms with E-state index in [2.05, 4.69) is 130 Å². The maximum Gasteiger partial charge on any atom is 0.306 e. The van der Waals surface area contributed by atoms with Gasteiger partial charge in [-0.1, -0.05) is 310 Å². The van der Waals surface area contributed by atoms with Crippen LogP contribution in [0.5, 0.6) is 0 Å². The third-order valence-electron chi connectivity index (χ3n) is 15.2. The van der Waals surface area contributed by atoms with Gasteiger partial charge in [0.15, 0.2) is 6.10 Å². The van der Waals surface area contributed by atoms with E-state index in [1.807, 2.05) is 0 Å². The highest BCUT2D eigenvalue weighted by molar-refractivity contribution is 5.71. The van der Waals surface area contributed by atoms with Gasteiger partial charge < -0.3 is 14.2 Å². The van der Waals surface area contributed by atoms with Crippen LogP contribution in [0, 0.1) is 0 Å². The van der Waals surface area contributed by atoms with Crippen molar-refractivity contribution in [1.29, 1.82) is 0 Å². The molecule has 6 heteroatoms. The molecule has 0 aromatic carbocycles. The van der Waals surface area contributed by atoms with Gasteiger partial charge in [0.25, 0.3) is 0 Å². The first-order valence-electron chi connectivity index (χ1n) is 35.4. The van der Waals surface area contributed by atoms with Crippen LogP contribution in [0.25, 0.3) is 0 Å². The maximum atomic E-state index is 13.0. The van der Waals surface area contributed by atoms with Crippen LogP contribution in [0.4, 0.5) is 0 Å². The van der Waals surface area contributed by atoms with E-state index in [0.717, 1.165) is 122 Å². The third kappa shape index (κ3) is 68.7. The van der Waals surface area contributed by atoms with Crippen molar-refractivity contribution < 1.29 is 28.6 Å². The van der Waals surface area contributed by atoms with E-state index < -0.39 is 6.10 Å². The van der Waals surface area contributed by atoms with Gasteiger partial charge in [0.1, 0.15) is 13.2 Å². The van der Waals surface area contributed by atoms with E-state index in [-0.39, 0.29) is 31.1 Å². The van der Waals surface area contributed by atoms with E-state index in [0.29, 0.717) is 19.3 Å². The Morgan fingerprint density at radius 2 is 0.470 bits per heavy atom. The van der Waals surface area contributed by atoms with Crippen LogP contribution in [0.3, 0.4) is 0 Å². The van der Waals surface area contributed by atoms with Gasteiger partial charge in [-0.05, 0) is 122 Å². The topological polar surface area (TPSA) is 78.9 Å². The van der Waals surface area contributed by atoms with Gasteiger partial charge in [0.2, 0.25) is 0 Å². The summed E-state index contributed by atoms with van der Waals surface area (Å²) in [6.07, 6.45) is 96.8. The summed E-state index contributed by atoms with van der Waals surface area (Å²) in [7, 11) is 0. The van der Waals surface area contributed by atoms with Gasteiger partial charge in [-0.3, -0.25) is 14.4 Å². The molecule has 83 heavy (non-hydrogen) atoms. The van der Waals surface area contributed by atoms with Gasteiger partial charge in [-0.25, -0.2) is 0 Å². The first-order valence-corrected chi connectivity index (χ1v) is 35.4. The number of hydrogen-bond donors (Lipinski definition) is 0. The summed E-state index contributed by atoms with van der Waals surface area (Å²) < 4.78 is 17.0. The lowest BCUT2D eigenvalue weighted by molar-refractivity contribution is -0.167. The second kappa shape index (κ2) is 70.6. The molecule has 0 spiro atoms. The summed E-state index contributed by atoms with van der Waals surface area (Å²) in [6, 6.07) is 0. The summed E-state index contributed by atoms with van der Waals surface area (Å²) in [4.78, 5) is 38.5. The average molecular weight is 1150 g/mol. The predicted octanol–water partition coefficient (Wildman–Crippen LogP) is 24.6. The molecule has 0 saturated carbocycles. The van der Waals surface area contributed by atoms with E-state index in [1.54, 1.807) is 0 Å². The molecule has 0 aliphatic carbocycles. The van der Waals surface area contributed by atoms with Crippen LogP contribution in [-0.2, 0) is 28.6 Å². The zero-order valence-electron chi connectivity index (χ0n) is 54.7. The van der Waals surface area contributed by atoms with Gasteiger partial charge in [-0.15, -0.1) is 0 Å². The zero-order chi connectivity index (χ0) is 59.9. The minimum absolute atomic E-state index is 0.0835. The Morgan fingerprint density at radius 1 is 0.253 bits per heavy atom. The lowest BCUT2D eigenvalue weighted by atomic mass is 10.0. The SMILES string of the molecule is CC/C=C\C/C=C\C/C=C\C/C=C\CCCCCCCCCCCCCCCCCCC(=O)OCC(COC(=O)CCCCCCCCC/C=C\CCCCCCCC)OC(=O)CCCCCCCC/C=C\C/C=C\C/C=C\C/C=C\CC. The number of carbonyl (C=O) groups excluding carboxylic acids is 3. The molecule has 0 aromatic rings. The molecule has 0 fully saturated rings. The molecule has 0 bridgehead atoms. The van der Waals surface area contributed by atoms with Crippen molar-refractivity contribution in [2.24, 2.45) is 0 Å². The molecular formula is C77H132O6. The quantitative estimate of drug-likeness (QED) is 0.0261. The van der Waals surface area contributed by atoms with E-state index >= 15 is 0 Å². The standard InChI is InChI=1S/C77H132O6/c1-4-7-10-13-16-19-22-25-28-31-33-34-35-36-37-38-39-40-41-42-44-46-49-52-55-58-61-64-67-70-76(79)82-73-74(72-81-75(78)69-66-63-60-57-54-51-48-45-30-27-24-21-18-15-12-9-6-3)83-77(80)71-68-65-62-59-56-53-50-47-43-32-29-26-23-20-17-14-11-8-5-2/h7-8,10-11,16-17,19-20,25-30,33-34,43,47,74H,4-6,9,12-15,18,21-24,31-32,35-42,44-46,48-73H2,1-3H3/b10-7-,11-8-,19-16-,20-17-,28-25-,29-26-,30-27-,34-33-,47-43-. The Hall–Kier alpha value is -3.93. The monoisotopic (exact) mass is 1150 g/mol. The number of allylic oxidation sites excluding steroid dienone is 18. The summed E-state index contributed by atoms with van der Waals surface area (Å²) in [5, 5.41) is 0. The number of unbranched alkanes of at least 4 members (excludes halogenated alkanes) is 35. The van der Waals surface area contributed by atoms with Crippen LogP contribution in [0.15, 0.2) is 109 Å². The lowest BCUT2D eigenvalue weighted by Gasteiger charge is -2.18. The zero-order valence-corrected chi connectivity index (χ0v) is 54.7. The summed E-state index contributed by atoms with van der Waals surface area (Å²) in [5.74, 6) is -0.887. The summed E-state index contributed by atoms with van der Waals surface area (Å²) in [5.41, 5.74) is 0. The normalized spacial score (nSPS) is 12.8. The van der Waals surface area contributed by atoms with Crippen LogP contribution in [0.2, 0.25) is 0 Å². The minimum atomic E-state index is -0.790. The van der Waals surface area contributed by atoms with E-state index in [1.165, 1.54) is 180 Å². The Morgan fingerprint density at radius 3 is 0.747 bits per heavy atom. The molecule has 1 unspecified atom stereocenters. The van der Waals surface area contributed by atoms with E-state index in [4.69, 9.17) is 14.2 Å². The summed E-state index contributed by atoms with van der Waals surface area (Å²) >= 11 is 0. The number of esters is 3. The summed E-state index contributed by atoms with van der Waals surface area (Å²) in [6.45, 7) is 6.44. The molecule has 0 N–H and O–H groups in total. The first-order chi connectivity index (χ1) is 41.0. The number of carbonyl (C=O) groups is 3. The van der Waals surface area contributed by atoms with Gasteiger partial charge in [0, 0.05) is 19.3 Å². The second-order valence-corrected chi connectivity index (χ2v) is 23.4. The van der Waals surface area contributed by atoms with Crippen LogP contribution < -0.4 is 0 Å². The van der Waals surface area contributed by atoms with Crippen LogP contribution >= 0.6 is 0 Å². The van der Waals surface area contributed by atoms with Crippen molar-refractivity contribution in [3.63, 3.8) is 0 Å². The van der Waals surface area contributed by atoms with Crippen molar-refractivity contribution in [2.45, 2.75) is 348 Å². The van der Waals surface area contributed by atoms with Crippen molar-refractivity contribution in [1.82, 2.24) is 0 Å². The molecule has 0 amide bonds. The van der Waals surface area contributed by atoms with Gasteiger partial charge in [0.05, 0.1) is 0 Å². The molecule has 6 nitrogen and oxygen atoms in total. The van der Waals surface area contributed by atoms with Crippen molar-refractivity contribution in [3.05, 3.63) is 109 Å². The maximum absolute atomic E-state index is 13.0. The lowest BCUT2D eigenvalue weighted by Crippen LogP contribution is -2.30. The molecule has 0 aromatic heterocycles. The Labute approximate surface area is 514 Å². The fourth-order valence-corrected chi connectivity index (χ4v) is 10.0. The highest BCUT2D eigenvalue weighted by atomic mass is 16.6. The largest absolute Gasteiger partial charge is 0.462 e. The first kappa shape index (κ1) is 79.1. The second-order valence-electron chi connectivity index (χ2n) is 23.4. The van der Waals surface area contributed by atoms with Crippen molar-refractivity contribution in [3.8, 4) is 0 Å². The fourth-order valence-electron chi connectivity index (χ4n) is 10.0. The van der Waals surface area contributed by atoms with Crippen LogP contribution in [-0.4, -0.2) is 37.2 Å². The predicted molar refractivity (Wildman–Crippen MR) is 362 cm³/mol. The van der Waals surface area contributed by atoms with Crippen LogP contribution in [0.1, 0.15) is 342 Å². The minimum Gasteiger partial charge on any atom is -0.462 e. The molecule has 1 atom stereocenters. The number of ether oxygens (including phenoxy) is 3. The Kier molecular flexibility index (Phi) is 67.2. The van der Waals surface area contributed by atoms with Crippen molar-refractivity contribution in [2.75, 3.05) is 13.2 Å². The molecule has 0 heterocycles. The van der Waals surface area contributed by atoms with Crippen molar-refractivity contribution >= 4 is 17.9 Å². The fraction of sp³-hybridized carbons (Fsp3) is 0.727. The number of hydrogen-bond acceptors (Lipinski definition) is 6. The van der Waals surface area contributed by atoms with E-state index in [9.17, 15) is 14.4 Å². The number of rotatable bonds is 64. The molecular weight excluding hydrogens is 1020 g/mol. The third-order valence-corrected chi connectivity index (χ3v) is 15.2. The molecule has 0 saturated heterocycles. The molecule has 476 valence electrons. The van der Waals surface area contributed by atoms with Gasteiger partial charge in [-0.2, -0.15) is 0 Å².